The molecule has 2 N–H and O–H groups in total. The Labute approximate surface area is 56.6 Å². The summed E-state index contributed by atoms with van der Waals surface area (Å²) in [6.45, 7) is 7.51. The van der Waals surface area contributed by atoms with Crippen molar-refractivity contribution >= 4 is 0 Å². The molecule has 2 nitrogen and oxygen atoms in total. The molecule has 1 unspecified atom stereocenters. The predicted molar refractivity (Wildman–Crippen MR) is 40.7 cm³/mol. The first-order valence-corrected chi connectivity index (χ1v) is 3.05. The number of rotatable bonds is 4. The van der Waals surface area contributed by atoms with Crippen molar-refractivity contribution in [1.29, 1.82) is 0 Å². The van der Waals surface area contributed by atoms with E-state index in [4.69, 9.17) is 0 Å². The molecular weight excluding hydrogens is 112 g/mol. The summed E-state index contributed by atoms with van der Waals surface area (Å²) < 4.78 is 0. The minimum Gasteiger partial charge on any atom is -0.372 e. The molecule has 0 radical (unpaired) electrons. The van der Waals surface area contributed by atoms with E-state index in [1.165, 1.54) is 0 Å². The highest BCUT2D eigenvalue weighted by Gasteiger charge is 1.87. The van der Waals surface area contributed by atoms with Crippen molar-refractivity contribution in [2.75, 3.05) is 0 Å². The van der Waals surface area contributed by atoms with E-state index >= 15 is 0 Å². The summed E-state index contributed by atoms with van der Waals surface area (Å²) in [4.78, 5) is 0. The third-order valence-corrected chi connectivity index (χ3v) is 0.881. The molecule has 0 aromatic rings. The summed E-state index contributed by atoms with van der Waals surface area (Å²) in [5.74, 6) is 0. The Kier molecular flexibility index (Phi) is 4.69. The van der Waals surface area contributed by atoms with Crippen molar-refractivity contribution in [3.63, 3.8) is 0 Å². The molecule has 0 aromatic carbocycles. The molecule has 0 fully saturated rings. The maximum atomic E-state index is 3.53. The second kappa shape index (κ2) is 5.22. The fourth-order valence-electron chi connectivity index (χ4n) is 0.465. The van der Waals surface area contributed by atoms with E-state index in [1.807, 2.05) is 26.1 Å². The van der Waals surface area contributed by atoms with Crippen LogP contribution in [0.5, 0.6) is 0 Å². The van der Waals surface area contributed by atoms with Gasteiger partial charge in [-0.1, -0.05) is 12.7 Å². The lowest BCUT2D eigenvalue weighted by Crippen LogP contribution is -2.32. The van der Waals surface area contributed by atoms with Crippen molar-refractivity contribution in [1.82, 2.24) is 10.6 Å². The first-order valence-electron chi connectivity index (χ1n) is 3.05. The van der Waals surface area contributed by atoms with E-state index in [2.05, 4.69) is 17.2 Å². The van der Waals surface area contributed by atoms with Gasteiger partial charge in [-0.25, -0.2) is 0 Å². The van der Waals surface area contributed by atoms with Crippen molar-refractivity contribution in [3.05, 3.63) is 25.1 Å². The van der Waals surface area contributed by atoms with Gasteiger partial charge < -0.3 is 10.6 Å². The Bertz CT molecular complexity index is 97.1. The van der Waals surface area contributed by atoms with Crippen molar-refractivity contribution in [2.45, 2.75) is 20.0 Å². The average Bonchev–Trinajstić information content (AvgIpc) is 1.85. The second-order valence-electron chi connectivity index (χ2n) is 1.76. The molecule has 0 aliphatic heterocycles. The zero-order valence-corrected chi connectivity index (χ0v) is 6.02. The van der Waals surface area contributed by atoms with Crippen LogP contribution >= 0.6 is 0 Å². The summed E-state index contributed by atoms with van der Waals surface area (Å²) in [7, 11) is 0. The first kappa shape index (κ1) is 8.08. The number of nitrogens with one attached hydrogen (secondary N) is 2. The normalized spacial score (nSPS) is 13.1. The van der Waals surface area contributed by atoms with Crippen LogP contribution in [-0.4, -0.2) is 6.17 Å². The van der Waals surface area contributed by atoms with Crippen molar-refractivity contribution < 1.29 is 0 Å². The summed E-state index contributed by atoms with van der Waals surface area (Å²) in [6, 6.07) is 0. The third kappa shape index (κ3) is 4.94. The quantitative estimate of drug-likeness (QED) is 0.553. The molecule has 2 heteroatoms. The molecule has 0 bridgehead atoms. The number of hydrogen-bond donors (Lipinski definition) is 2. The van der Waals surface area contributed by atoms with Gasteiger partial charge in [-0.2, -0.15) is 0 Å². The highest BCUT2D eigenvalue weighted by Crippen LogP contribution is 1.73. The Morgan fingerprint density at radius 1 is 1.44 bits per heavy atom. The van der Waals surface area contributed by atoms with Gasteiger partial charge in [-0.05, 0) is 26.2 Å². The van der Waals surface area contributed by atoms with E-state index in [-0.39, 0.29) is 6.17 Å². The van der Waals surface area contributed by atoms with Crippen LogP contribution in [0.15, 0.2) is 25.1 Å². The van der Waals surface area contributed by atoms with Crippen molar-refractivity contribution in [2.24, 2.45) is 0 Å². The molecule has 9 heavy (non-hydrogen) atoms. The predicted octanol–water partition coefficient (Wildman–Crippen LogP) is 1.19. The Balaban J connectivity index is 3.25. The van der Waals surface area contributed by atoms with Crippen LogP contribution in [0.3, 0.4) is 0 Å². The second-order valence-corrected chi connectivity index (χ2v) is 1.76. The monoisotopic (exact) mass is 126 g/mol. The minimum absolute atomic E-state index is 0.263. The molecule has 0 aliphatic rings. The fourth-order valence-corrected chi connectivity index (χ4v) is 0.465. The zero-order valence-electron chi connectivity index (χ0n) is 6.02. The molecule has 1 atom stereocenters. The van der Waals surface area contributed by atoms with E-state index in [9.17, 15) is 0 Å². The maximum Gasteiger partial charge on any atom is 0.0925 e. The summed E-state index contributed by atoms with van der Waals surface area (Å²) >= 11 is 0. The first-order chi connectivity index (χ1) is 4.31. The average molecular weight is 126 g/mol. The van der Waals surface area contributed by atoms with Crippen LogP contribution < -0.4 is 10.6 Å². The van der Waals surface area contributed by atoms with Gasteiger partial charge in [0.2, 0.25) is 0 Å². The highest BCUT2D eigenvalue weighted by molar-refractivity contribution is 4.78. The van der Waals surface area contributed by atoms with E-state index in [0.29, 0.717) is 0 Å². The molecule has 0 saturated heterocycles. The largest absolute Gasteiger partial charge is 0.372 e. The molecule has 52 valence electrons. The van der Waals surface area contributed by atoms with Gasteiger partial charge in [0.1, 0.15) is 0 Å². The zero-order chi connectivity index (χ0) is 7.11. The van der Waals surface area contributed by atoms with Gasteiger partial charge in [-0.15, -0.1) is 0 Å². The van der Waals surface area contributed by atoms with Gasteiger partial charge >= 0.3 is 0 Å². The number of allylic oxidation sites excluding steroid dienone is 1. The van der Waals surface area contributed by atoms with Crippen LogP contribution in [0, 0.1) is 0 Å². The van der Waals surface area contributed by atoms with Gasteiger partial charge in [0, 0.05) is 0 Å². The lowest BCUT2D eigenvalue weighted by Gasteiger charge is -2.10. The molecular formula is C7H14N2. The summed E-state index contributed by atoms with van der Waals surface area (Å²) in [6.07, 6.45) is 5.77. The maximum absolute atomic E-state index is 3.53. The van der Waals surface area contributed by atoms with E-state index in [1.54, 1.807) is 6.20 Å². The van der Waals surface area contributed by atoms with E-state index in [0.717, 1.165) is 0 Å². The van der Waals surface area contributed by atoms with Gasteiger partial charge in [0.05, 0.1) is 6.17 Å². The standard InChI is InChI=1S/C7H14N2/c1-4-6-9-7(3)8-5-2/h4-9H,2H2,1,3H3/b6-4-. The number of hydrogen-bond acceptors (Lipinski definition) is 2. The van der Waals surface area contributed by atoms with E-state index < -0.39 is 0 Å². The topological polar surface area (TPSA) is 24.1 Å². The summed E-state index contributed by atoms with van der Waals surface area (Å²) in [5.41, 5.74) is 0. The Morgan fingerprint density at radius 2 is 2.11 bits per heavy atom. The van der Waals surface area contributed by atoms with Crippen LogP contribution in [0.25, 0.3) is 0 Å². The lowest BCUT2D eigenvalue weighted by molar-refractivity contribution is 0.582. The third-order valence-electron chi connectivity index (χ3n) is 0.881. The molecule has 0 rings (SSSR count). The van der Waals surface area contributed by atoms with Crippen molar-refractivity contribution in [3.8, 4) is 0 Å². The van der Waals surface area contributed by atoms with Crippen LogP contribution in [0.1, 0.15) is 13.8 Å². The molecule has 0 aromatic heterocycles. The molecule has 0 amide bonds. The Hall–Kier alpha value is -0.920. The SMILES string of the molecule is C=CNC(C)N/C=C\C. The Morgan fingerprint density at radius 3 is 2.56 bits per heavy atom. The summed E-state index contributed by atoms with van der Waals surface area (Å²) in [5, 5.41) is 6.05. The minimum atomic E-state index is 0.263. The van der Waals surface area contributed by atoms with Gasteiger partial charge in [0.15, 0.2) is 0 Å². The molecule has 0 heterocycles. The highest BCUT2D eigenvalue weighted by atomic mass is 15.1. The van der Waals surface area contributed by atoms with Gasteiger partial charge in [0.25, 0.3) is 0 Å². The van der Waals surface area contributed by atoms with Crippen LogP contribution in [0.4, 0.5) is 0 Å². The van der Waals surface area contributed by atoms with Gasteiger partial charge in [-0.3, -0.25) is 0 Å². The molecule has 0 aliphatic carbocycles. The van der Waals surface area contributed by atoms with Crippen LogP contribution in [-0.2, 0) is 0 Å². The molecule has 0 saturated carbocycles. The fraction of sp³-hybridized carbons (Fsp3) is 0.429. The molecule has 0 spiro atoms. The smallest absolute Gasteiger partial charge is 0.0925 e. The lowest BCUT2D eigenvalue weighted by atomic mass is 10.5. The van der Waals surface area contributed by atoms with Crippen LogP contribution in [0.2, 0.25) is 0 Å².